The molecule has 0 spiro atoms. The Balaban J connectivity index is 2.89. The first-order valence-corrected chi connectivity index (χ1v) is 7.99. The average Bonchev–Trinajstić information content (AvgIpc) is 2.56. The summed E-state index contributed by atoms with van der Waals surface area (Å²) < 4.78 is 0. The summed E-state index contributed by atoms with van der Waals surface area (Å²) in [6.45, 7) is 13.6. The summed E-state index contributed by atoms with van der Waals surface area (Å²) in [5, 5.41) is 5.14. The third-order valence-corrected chi connectivity index (χ3v) is 3.63. The van der Waals surface area contributed by atoms with E-state index in [1.54, 1.807) is 24.5 Å². The van der Waals surface area contributed by atoms with Crippen molar-refractivity contribution in [3.05, 3.63) is 71.3 Å². The fourth-order valence-electron chi connectivity index (χ4n) is 1.75. The summed E-state index contributed by atoms with van der Waals surface area (Å²) in [6.07, 6.45) is 4.69. The molecule has 0 aliphatic rings. The molecular formula is C18H21N3O2S. The molecule has 1 aromatic rings. The highest BCUT2D eigenvalue weighted by Gasteiger charge is 2.17. The lowest BCUT2D eigenvalue weighted by atomic mass is 10.0. The molecule has 5 nitrogen and oxygen atoms in total. The third kappa shape index (κ3) is 6.26. The van der Waals surface area contributed by atoms with Gasteiger partial charge in [0.15, 0.2) is 0 Å². The largest absolute Gasteiger partial charge is 0.355 e. The van der Waals surface area contributed by atoms with Gasteiger partial charge in [-0.15, -0.1) is 0 Å². The van der Waals surface area contributed by atoms with Crippen LogP contribution >= 0.6 is 11.8 Å². The van der Waals surface area contributed by atoms with E-state index in [0.717, 1.165) is 15.4 Å². The summed E-state index contributed by atoms with van der Waals surface area (Å²) in [5.41, 5.74) is 1.30. The molecule has 1 rings (SSSR count). The molecule has 1 heterocycles. The van der Waals surface area contributed by atoms with Gasteiger partial charge in [0.2, 0.25) is 0 Å². The minimum absolute atomic E-state index is 0.0209. The Bertz CT molecular complexity index is 693. The number of thioether (sulfide) groups is 1. The highest BCUT2D eigenvalue weighted by Crippen LogP contribution is 2.20. The molecule has 0 fully saturated rings. The predicted octanol–water partition coefficient (Wildman–Crippen LogP) is 2.66. The molecule has 0 saturated carbocycles. The SMILES string of the molecule is C=C(C)SC(=C)CNC(=O)/C(=C/C(=C)c1ccncc1)C(=O)NC. The molecule has 2 amide bonds. The van der Waals surface area contributed by atoms with E-state index in [9.17, 15) is 9.59 Å². The number of hydrogen-bond acceptors (Lipinski definition) is 4. The summed E-state index contributed by atoms with van der Waals surface area (Å²) in [5.74, 6) is -0.978. The van der Waals surface area contributed by atoms with Gasteiger partial charge in [0.1, 0.15) is 5.57 Å². The minimum Gasteiger partial charge on any atom is -0.355 e. The molecule has 24 heavy (non-hydrogen) atoms. The molecule has 0 bridgehead atoms. The lowest BCUT2D eigenvalue weighted by molar-refractivity contribution is -0.123. The number of rotatable bonds is 8. The van der Waals surface area contributed by atoms with Crippen molar-refractivity contribution in [3.63, 3.8) is 0 Å². The molecule has 0 unspecified atom stereocenters. The number of pyridine rings is 1. The molecular weight excluding hydrogens is 322 g/mol. The van der Waals surface area contributed by atoms with Crippen molar-refractivity contribution in [1.82, 2.24) is 15.6 Å². The molecule has 0 aliphatic carbocycles. The van der Waals surface area contributed by atoms with Gasteiger partial charge in [0.05, 0.1) is 0 Å². The smallest absolute Gasteiger partial charge is 0.257 e. The molecule has 6 heteroatoms. The molecule has 0 atom stereocenters. The highest BCUT2D eigenvalue weighted by atomic mass is 32.2. The number of carbonyl (C=O) groups excluding carboxylic acids is 2. The lowest BCUT2D eigenvalue weighted by Crippen LogP contribution is -2.34. The lowest BCUT2D eigenvalue weighted by Gasteiger charge is -2.10. The van der Waals surface area contributed by atoms with Crippen molar-refractivity contribution in [2.45, 2.75) is 6.92 Å². The van der Waals surface area contributed by atoms with E-state index < -0.39 is 11.8 Å². The number of amides is 2. The number of hydrogen-bond donors (Lipinski definition) is 2. The Kier molecular flexibility index (Phi) is 7.71. The van der Waals surface area contributed by atoms with E-state index in [-0.39, 0.29) is 12.1 Å². The first-order valence-electron chi connectivity index (χ1n) is 7.17. The van der Waals surface area contributed by atoms with E-state index >= 15 is 0 Å². The molecule has 0 radical (unpaired) electrons. The normalized spacial score (nSPS) is 10.7. The van der Waals surface area contributed by atoms with Crippen LogP contribution in [0.25, 0.3) is 5.57 Å². The minimum atomic E-state index is -0.493. The number of nitrogens with zero attached hydrogens (tertiary/aromatic N) is 1. The van der Waals surface area contributed by atoms with Gasteiger partial charge < -0.3 is 10.6 Å². The monoisotopic (exact) mass is 343 g/mol. The predicted molar refractivity (Wildman–Crippen MR) is 100.0 cm³/mol. The highest BCUT2D eigenvalue weighted by molar-refractivity contribution is 8.06. The summed E-state index contributed by atoms with van der Waals surface area (Å²) in [6, 6.07) is 3.51. The zero-order valence-electron chi connectivity index (χ0n) is 13.9. The van der Waals surface area contributed by atoms with Crippen LogP contribution < -0.4 is 10.6 Å². The molecule has 1 aromatic heterocycles. The van der Waals surface area contributed by atoms with Crippen molar-refractivity contribution in [2.75, 3.05) is 13.6 Å². The number of nitrogens with one attached hydrogen (secondary N) is 2. The van der Waals surface area contributed by atoms with E-state index in [0.29, 0.717) is 5.57 Å². The second-order valence-corrected chi connectivity index (χ2v) is 6.40. The van der Waals surface area contributed by atoms with Crippen molar-refractivity contribution < 1.29 is 9.59 Å². The van der Waals surface area contributed by atoms with Gasteiger partial charge >= 0.3 is 0 Å². The van der Waals surface area contributed by atoms with Gasteiger partial charge in [-0.25, -0.2) is 0 Å². The van der Waals surface area contributed by atoms with Crippen LogP contribution in [0.5, 0.6) is 0 Å². The van der Waals surface area contributed by atoms with Crippen LogP contribution in [0.2, 0.25) is 0 Å². The van der Waals surface area contributed by atoms with Crippen molar-refractivity contribution >= 4 is 29.1 Å². The summed E-state index contributed by atoms with van der Waals surface area (Å²) in [4.78, 5) is 29.9. The van der Waals surface area contributed by atoms with E-state index in [2.05, 4.69) is 35.4 Å². The maximum absolute atomic E-state index is 12.3. The Morgan fingerprint density at radius 2 is 1.83 bits per heavy atom. The van der Waals surface area contributed by atoms with Crippen molar-refractivity contribution in [1.29, 1.82) is 0 Å². The zero-order chi connectivity index (χ0) is 18.1. The maximum Gasteiger partial charge on any atom is 0.257 e. The van der Waals surface area contributed by atoms with Crippen LogP contribution in [-0.4, -0.2) is 30.4 Å². The number of allylic oxidation sites excluding steroid dienone is 3. The summed E-state index contributed by atoms with van der Waals surface area (Å²) in [7, 11) is 1.47. The second-order valence-electron chi connectivity index (χ2n) is 4.92. The Hall–Kier alpha value is -2.60. The van der Waals surface area contributed by atoms with E-state index in [4.69, 9.17) is 0 Å². The topological polar surface area (TPSA) is 71.1 Å². The quantitative estimate of drug-likeness (QED) is 0.329. The van der Waals surface area contributed by atoms with E-state index in [1.807, 2.05) is 6.92 Å². The average molecular weight is 343 g/mol. The molecule has 0 aromatic carbocycles. The Morgan fingerprint density at radius 3 is 2.38 bits per heavy atom. The second kappa shape index (κ2) is 9.52. The van der Waals surface area contributed by atoms with Crippen LogP contribution in [0, 0.1) is 0 Å². The van der Waals surface area contributed by atoms with Gasteiger partial charge in [-0.3, -0.25) is 14.6 Å². The van der Waals surface area contributed by atoms with Gasteiger partial charge in [-0.2, -0.15) is 0 Å². The Morgan fingerprint density at radius 1 is 1.21 bits per heavy atom. The van der Waals surface area contributed by atoms with Crippen LogP contribution in [0.4, 0.5) is 0 Å². The first kappa shape index (κ1) is 19.4. The molecule has 0 saturated heterocycles. The van der Waals surface area contributed by atoms with Crippen molar-refractivity contribution in [2.24, 2.45) is 0 Å². The zero-order valence-corrected chi connectivity index (χ0v) is 14.7. The first-order chi connectivity index (χ1) is 11.3. The maximum atomic E-state index is 12.3. The van der Waals surface area contributed by atoms with Crippen LogP contribution in [-0.2, 0) is 9.59 Å². The number of aromatic nitrogens is 1. The fourth-order valence-corrected chi connectivity index (χ4v) is 2.39. The van der Waals surface area contributed by atoms with Gasteiger partial charge in [0, 0.05) is 30.9 Å². The fraction of sp³-hybridized carbons (Fsp3) is 0.167. The Labute approximate surface area is 146 Å². The summed E-state index contributed by atoms with van der Waals surface area (Å²) >= 11 is 1.38. The van der Waals surface area contributed by atoms with Gasteiger partial charge in [-0.05, 0) is 41.2 Å². The molecule has 2 N–H and O–H groups in total. The molecule has 126 valence electrons. The number of likely N-dealkylation sites (N-methyl/N-ethyl adjacent to an activating group) is 1. The standard InChI is InChI=1S/C18H21N3O2S/c1-12(2)24-14(4)11-21-18(23)16(17(22)19-5)10-13(3)15-6-8-20-9-7-15/h6-10H,1,3-4,11H2,2,5H3,(H,19,22)(H,21,23)/b16-10+. The van der Waals surface area contributed by atoms with Crippen molar-refractivity contribution in [3.8, 4) is 0 Å². The third-order valence-electron chi connectivity index (χ3n) is 2.85. The van der Waals surface area contributed by atoms with Crippen LogP contribution in [0.3, 0.4) is 0 Å². The van der Waals surface area contributed by atoms with Gasteiger partial charge in [0.25, 0.3) is 11.8 Å². The van der Waals surface area contributed by atoms with Crippen LogP contribution in [0.15, 0.2) is 65.7 Å². The van der Waals surface area contributed by atoms with Crippen LogP contribution in [0.1, 0.15) is 12.5 Å². The number of carbonyl (C=O) groups is 2. The molecule has 0 aliphatic heterocycles. The van der Waals surface area contributed by atoms with Gasteiger partial charge in [-0.1, -0.05) is 31.5 Å². The van der Waals surface area contributed by atoms with E-state index in [1.165, 1.54) is 24.9 Å².